The molecule has 0 aliphatic heterocycles. The third-order valence-corrected chi connectivity index (χ3v) is 2.61. The number of carbonyl (C=O) groups is 1. The first-order chi connectivity index (χ1) is 8.72. The monoisotopic (exact) mass is 245 g/mol. The third kappa shape index (κ3) is 2.48. The average molecular weight is 245 g/mol. The van der Waals surface area contributed by atoms with Crippen LogP contribution in [-0.2, 0) is 6.54 Å². The van der Waals surface area contributed by atoms with Crippen molar-refractivity contribution < 1.29 is 4.79 Å². The molecule has 2 aromatic rings. The average Bonchev–Trinajstić information content (AvgIpc) is 2.90. The molecular formula is C12H15N5O. The van der Waals surface area contributed by atoms with E-state index in [1.807, 2.05) is 0 Å². The SMILES string of the molecule is CNc1cnccc1C(=O)N(C)Cc1ncc[nH]1. The van der Waals surface area contributed by atoms with Crippen molar-refractivity contribution in [2.75, 3.05) is 19.4 Å². The Morgan fingerprint density at radius 3 is 3.00 bits per heavy atom. The Morgan fingerprint density at radius 1 is 1.50 bits per heavy atom. The highest BCUT2D eigenvalue weighted by molar-refractivity contribution is 5.99. The van der Waals surface area contributed by atoms with E-state index < -0.39 is 0 Å². The molecule has 94 valence electrons. The molecule has 0 saturated carbocycles. The molecule has 0 unspecified atom stereocenters. The van der Waals surface area contributed by atoms with Gasteiger partial charge in [-0.25, -0.2) is 4.98 Å². The number of aromatic nitrogens is 3. The maximum absolute atomic E-state index is 12.3. The molecule has 0 aromatic carbocycles. The number of pyridine rings is 1. The summed E-state index contributed by atoms with van der Waals surface area (Å²) in [5, 5.41) is 2.96. The number of hydrogen-bond acceptors (Lipinski definition) is 4. The first-order valence-electron chi connectivity index (χ1n) is 5.58. The number of imidazole rings is 1. The number of nitrogens with one attached hydrogen (secondary N) is 2. The molecule has 6 heteroatoms. The maximum Gasteiger partial charge on any atom is 0.256 e. The van der Waals surface area contributed by atoms with Gasteiger partial charge < -0.3 is 15.2 Å². The van der Waals surface area contributed by atoms with Gasteiger partial charge in [0.1, 0.15) is 5.82 Å². The summed E-state index contributed by atoms with van der Waals surface area (Å²) in [6.45, 7) is 0.442. The standard InChI is InChI=1S/C12H15N5O/c1-13-10-7-14-4-3-9(10)12(18)17(2)8-11-15-5-6-16-11/h3-7,13H,8H2,1-2H3,(H,15,16). The van der Waals surface area contributed by atoms with E-state index in [1.165, 1.54) is 0 Å². The van der Waals surface area contributed by atoms with Crippen molar-refractivity contribution in [3.8, 4) is 0 Å². The van der Waals surface area contributed by atoms with E-state index in [9.17, 15) is 4.79 Å². The lowest BCUT2D eigenvalue weighted by Gasteiger charge is -2.17. The normalized spacial score (nSPS) is 10.1. The van der Waals surface area contributed by atoms with E-state index in [1.54, 1.807) is 49.8 Å². The van der Waals surface area contributed by atoms with Gasteiger partial charge in [-0.1, -0.05) is 0 Å². The minimum absolute atomic E-state index is 0.0712. The number of amides is 1. The van der Waals surface area contributed by atoms with Crippen molar-refractivity contribution in [3.05, 3.63) is 42.2 Å². The van der Waals surface area contributed by atoms with Crippen LogP contribution < -0.4 is 5.32 Å². The fourth-order valence-electron chi connectivity index (χ4n) is 1.67. The van der Waals surface area contributed by atoms with Gasteiger partial charge in [0.15, 0.2) is 0 Å². The van der Waals surface area contributed by atoms with E-state index in [0.717, 1.165) is 5.82 Å². The van der Waals surface area contributed by atoms with Crippen molar-refractivity contribution in [1.82, 2.24) is 19.9 Å². The Bertz CT molecular complexity index is 523. The molecule has 0 bridgehead atoms. The topological polar surface area (TPSA) is 73.9 Å². The highest BCUT2D eigenvalue weighted by atomic mass is 16.2. The van der Waals surface area contributed by atoms with Gasteiger partial charge in [0.2, 0.25) is 0 Å². The van der Waals surface area contributed by atoms with Gasteiger partial charge in [0, 0.05) is 32.7 Å². The Hall–Kier alpha value is -2.37. The zero-order valence-electron chi connectivity index (χ0n) is 10.3. The van der Waals surface area contributed by atoms with Crippen LogP contribution in [0.5, 0.6) is 0 Å². The van der Waals surface area contributed by atoms with Crippen molar-refractivity contribution in [1.29, 1.82) is 0 Å². The number of hydrogen-bond donors (Lipinski definition) is 2. The number of nitrogens with zero attached hydrogens (tertiary/aromatic N) is 3. The third-order valence-electron chi connectivity index (χ3n) is 2.61. The number of H-pyrrole nitrogens is 1. The molecule has 0 aliphatic carbocycles. The molecule has 0 fully saturated rings. The highest BCUT2D eigenvalue weighted by Gasteiger charge is 2.16. The molecule has 18 heavy (non-hydrogen) atoms. The molecule has 0 radical (unpaired) electrons. The second-order valence-electron chi connectivity index (χ2n) is 3.87. The van der Waals surface area contributed by atoms with Gasteiger partial charge in [-0.15, -0.1) is 0 Å². The Balaban J connectivity index is 2.15. The highest BCUT2D eigenvalue weighted by Crippen LogP contribution is 2.15. The second-order valence-corrected chi connectivity index (χ2v) is 3.87. The Labute approximate surface area is 105 Å². The molecule has 1 amide bonds. The summed E-state index contributed by atoms with van der Waals surface area (Å²) in [7, 11) is 3.51. The summed E-state index contributed by atoms with van der Waals surface area (Å²) in [6.07, 6.45) is 6.64. The zero-order chi connectivity index (χ0) is 13.0. The van der Waals surface area contributed by atoms with Crippen molar-refractivity contribution in [2.24, 2.45) is 0 Å². The van der Waals surface area contributed by atoms with Crippen LogP contribution >= 0.6 is 0 Å². The smallest absolute Gasteiger partial charge is 0.256 e. The van der Waals surface area contributed by atoms with Gasteiger partial charge in [0.25, 0.3) is 5.91 Å². The number of carbonyl (C=O) groups excluding carboxylic acids is 1. The molecule has 2 rings (SSSR count). The molecule has 2 aromatic heterocycles. The molecule has 0 saturated heterocycles. The summed E-state index contributed by atoms with van der Waals surface area (Å²) in [5.74, 6) is 0.684. The summed E-state index contributed by atoms with van der Waals surface area (Å²) >= 11 is 0. The van der Waals surface area contributed by atoms with Crippen molar-refractivity contribution in [2.45, 2.75) is 6.54 Å². The van der Waals surface area contributed by atoms with E-state index in [-0.39, 0.29) is 5.91 Å². The molecule has 6 nitrogen and oxygen atoms in total. The van der Waals surface area contributed by atoms with Gasteiger partial charge in [-0.2, -0.15) is 0 Å². The van der Waals surface area contributed by atoms with E-state index in [2.05, 4.69) is 20.3 Å². The van der Waals surface area contributed by atoms with Crippen LogP contribution in [0.1, 0.15) is 16.2 Å². The first-order valence-corrected chi connectivity index (χ1v) is 5.58. The van der Waals surface area contributed by atoms with Crippen molar-refractivity contribution in [3.63, 3.8) is 0 Å². The predicted octanol–water partition coefficient (Wildman–Crippen LogP) is 1.12. The van der Waals surface area contributed by atoms with Crippen LogP contribution in [0.25, 0.3) is 0 Å². The fourth-order valence-corrected chi connectivity index (χ4v) is 1.67. The van der Waals surface area contributed by atoms with Gasteiger partial charge in [0.05, 0.1) is 24.0 Å². The molecule has 2 N–H and O–H groups in total. The maximum atomic E-state index is 12.3. The number of aromatic amines is 1. The van der Waals surface area contributed by atoms with Crippen LogP contribution in [0.4, 0.5) is 5.69 Å². The quantitative estimate of drug-likeness (QED) is 0.846. The summed E-state index contributed by atoms with van der Waals surface area (Å²) in [6, 6.07) is 1.70. The lowest BCUT2D eigenvalue weighted by Crippen LogP contribution is -2.27. The molecule has 0 spiro atoms. The molecule has 0 atom stereocenters. The minimum atomic E-state index is -0.0712. The summed E-state index contributed by atoms with van der Waals surface area (Å²) < 4.78 is 0. The van der Waals surface area contributed by atoms with Crippen LogP contribution in [0.15, 0.2) is 30.9 Å². The van der Waals surface area contributed by atoms with Crippen LogP contribution in [-0.4, -0.2) is 39.9 Å². The fraction of sp³-hybridized carbons (Fsp3) is 0.250. The van der Waals surface area contributed by atoms with Crippen LogP contribution in [0, 0.1) is 0 Å². The zero-order valence-corrected chi connectivity index (χ0v) is 10.3. The molecule has 0 aliphatic rings. The largest absolute Gasteiger partial charge is 0.386 e. The molecular weight excluding hydrogens is 230 g/mol. The van der Waals surface area contributed by atoms with Gasteiger partial charge >= 0.3 is 0 Å². The summed E-state index contributed by atoms with van der Waals surface area (Å²) in [4.78, 5) is 24.9. The van der Waals surface area contributed by atoms with Crippen molar-refractivity contribution >= 4 is 11.6 Å². The number of rotatable bonds is 4. The van der Waals surface area contributed by atoms with E-state index >= 15 is 0 Å². The first kappa shape index (κ1) is 12.1. The van der Waals surface area contributed by atoms with Crippen LogP contribution in [0.3, 0.4) is 0 Å². The van der Waals surface area contributed by atoms with Gasteiger partial charge in [-0.3, -0.25) is 9.78 Å². The minimum Gasteiger partial charge on any atom is -0.386 e. The second kappa shape index (κ2) is 5.31. The van der Waals surface area contributed by atoms with Crippen LogP contribution in [0.2, 0.25) is 0 Å². The summed E-state index contributed by atoms with van der Waals surface area (Å²) in [5.41, 5.74) is 1.32. The lowest BCUT2D eigenvalue weighted by atomic mass is 10.2. The number of anilines is 1. The Kier molecular flexibility index (Phi) is 3.57. The van der Waals surface area contributed by atoms with E-state index in [0.29, 0.717) is 17.8 Å². The predicted molar refractivity (Wildman–Crippen MR) is 68.2 cm³/mol. The van der Waals surface area contributed by atoms with E-state index in [4.69, 9.17) is 0 Å². The molecule has 2 heterocycles. The van der Waals surface area contributed by atoms with Gasteiger partial charge in [-0.05, 0) is 6.07 Å². The lowest BCUT2D eigenvalue weighted by molar-refractivity contribution is 0.0782. The Morgan fingerprint density at radius 2 is 2.33 bits per heavy atom.